The van der Waals surface area contributed by atoms with Crippen molar-refractivity contribution in [1.29, 1.82) is 0 Å². The Morgan fingerprint density at radius 3 is 2.32 bits per heavy atom. The minimum absolute atomic E-state index is 0.144. The van der Waals surface area contributed by atoms with Crippen LogP contribution in [0.4, 0.5) is 18.0 Å². The summed E-state index contributed by atoms with van der Waals surface area (Å²) in [6, 6.07) is 1.54. The number of pyridine rings is 1. The van der Waals surface area contributed by atoms with Crippen LogP contribution in [0.15, 0.2) is 12.3 Å². The largest absolute Gasteiger partial charge is 0.468 e. The van der Waals surface area contributed by atoms with Gasteiger partial charge in [-0.15, -0.1) is 0 Å². The van der Waals surface area contributed by atoms with E-state index in [2.05, 4.69) is 10.4 Å². The topological polar surface area (TPSA) is 104 Å². The lowest BCUT2D eigenvalue weighted by Gasteiger charge is -2.34. The number of hydrazine groups is 1. The summed E-state index contributed by atoms with van der Waals surface area (Å²) in [5.41, 5.74) is 2.86. The molecule has 37 heavy (non-hydrogen) atoms. The highest BCUT2D eigenvalue weighted by atomic mass is 19.4. The predicted molar refractivity (Wildman–Crippen MR) is 129 cm³/mol. The van der Waals surface area contributed by atoms with E-state index in [4.69, 9.17) is 14.6 Å². The predicted octanol–water partition coefficient (Wildman–Crippen LogP) is 3.88. The summed E-state index contributed by atoms with van der Waals surface area (Å²) in [6.07, 6.45) is -0.375. The molecule has 208 valence electrons. The van der Waals surface area contributed by atoms with Gasteiger partial charge in [0.25, 0.3) is 5.91 Å². The van der Waals surface area contributed by atoms with Crippen molar-refractivity contribution in [3.8, 4) is 5.88 Å². The SMILES string of the molecule is CC(C)(C)OC(=O)N1CCC(c2cc(C(=O)NN3CCC(CCO)CC3)cnc2OCC(F)(F)F)CC1. The maximum absolute atomic E-state index is 12.9. The summed E-state index contributed by atoms with van der Waals surface area (Å²) >= 11 is 0. The molecule has 0 spiro atoms. The number of carbonyl (C=O) groups excluding carboxylic acids is 2. The van der Waals surface area contributed by atoms with Crippen LogP contribution in [0.1, 0.15) is 74.7 Å². The average Bonchev–Trinajstić information content (AvgIpc) is 2.82. The Balaban J connectivity index is 1.70. The van der Waals surface area contributed by atoms with Crippen molar-refractivity contribution in [3.05, 3.63) is 23.4 Å². The minimum Gasteiger partial charge on any atom is -0.468 e. The molecule has 2 aliphatic rings. The molecule has 12 heteroatoms. The van der Waals surface area contributed by atoms with E-state index in [1.165, 1.54) is 6.20 Å². The van der Waals surface area contributed by atoms with Crippen LogP contribution in [0.5, 0.6) is 5.88 Å². The van der Waals surface area contributed by atoms with Crippen molar-refractivity contribution < 1.29 is 37.3 Å². The van der Waals surface area contributed by atoms with E-state index in [0.717, 1.165) is 19.3 Å². The molecule has 2 N–H and O–H groups in total. The van der Waals surface area contributed by atoms with Crippen LogP contribution in [0, 0.1) is 5.92 Å². The number of nitrogens with zero attached hydrogens (tertiary/aromatic N) is 3. The number of carbonyl (C=O) groups is 2. The Morgan fingerprint density at radius 1 is 1.11 bits per heavy atom. The number of aliphatic hydroxyl groups is 1. The number of hydrogen-bond acceptors (Lipinski definition) is 7. The molecule has 0 radical (unpaired) electrons. The number of aliphatic hydroxyl groups excluding tert-OH is 1. The Kier molecular flexibility index (Phi) is 9.63. The second kappa shape index (κ2) is 12.3. The van der Waals surface area contributed by atoms with Gasteiger partial charge in [-0.05, 0) is 70.8 Å². The summed E-state index contributed by atoms with van der Waals surface area (Å²) in [4.78, 5) is 31.0. The van der Waals surface area contributed by atoms with Crippen molar-refractivity contribution in [1.82, 2.24) is 20.3 Å². The van der Waals surface area contributed by atoms with Crippen molar-refractivity contribution >= 4 is 12.0 Å². The summed E-state index contributed by atoms with van der Waals surface area (Å²) in [6.45, 7) is 6.00. The van der Waals surface area contributed by atoms with Gasteiger partial charge in [-0.25, -0.2) is 14.8 Å². The van der Waals surface area contributed by atoms with Crippen LogP contribution in [0.25, 0.3) is 0 Å². The van der Waals surface area contributed by atoms with Gasteiger partial charge in [-0.2, -0.15) is 13.2 Å². The number of ether oxygens (including phenoxy) is 2. The third-order valence-corrected chi connectivity index (χ3v) is 6.51. The Bertz CT molecular complexity index is 922. The number of rotatable bonds is 7. The average molecular weight is 531 g/mol. The Labute approximate surface area is 215 Å². The summed E-state index contributed by atoms with van der Waals surface area (Å²) in [7, 11) is 0. The second-order valence-corrected chi connectivity index (χ2v) is 10.6. The van der Waals surface area contributed by atoms with Crippen molar-refractivity contribution in [3.63, 3.8) is 0 Å². The number of alkyl halides is 3. The smallest absolute Gasteiger partial charge is 0.422 e. The fourth-order valence-corrected chi connectivity index (χ4v) is 4.58. The molecule has 0 aromatic carbocycles. The number of amides is 2. The van der Waals surface area contributed by atoms with Gasteiger partial charge in [0.15, 0.2) is 6.61 Å². The molecule has 2 fully saturated rings. The van der Waals surface area contributed by atoms with Gasteiger partial charge in [-0.1, -0.05) is 0 Å². The first-order valence-corrected chi connectivity index (χ1v) is 12.7. The highest BCUT2D eigenvalue weighted by Crippen LogP contribution is 2.35. The van der Waals surface area contributed by atoms with Crippen molar-refractivity contribution in [2.24, 2.45) is 5.92 Å². The number of piperidine rings is 2. The van der Waals surface area contributed by atoms with Crippen LogP contribution >= 0.6 is 0 Å². The standard InChI is InChI=1S/C25H37F3N4O5/c1-24(2,3)37-23(35)31-9-6-18(7-10-31)20-14-19(15-29-22(20)36-16-25(26,27)28)21(34)30-32-11-4-17(5-12-32)8-13-33/h14-15,17-18,33H,4-13,16H2,1-3H3,(H,30,34). The zero-order chi connectivity index (χ0) is 27.2. The van der Waals surface area contributed by atoms with Gasteiger partial charge in [0, 0.05) is 44.5 Å². The quantitative estimate of drug-likeness (QED) is 0.552. The molecule has 0 atom stereocenters. The minimum atomic E-state index is -4.53. The highest BCUT2D eigenvalue weighted by molar-refractivity contribution is 5.93. The number of hydrogen-bond donors (Lipinski definition) is 2. The molecule has 0 bridgehead atoms. The van der Waals surface area contributed by atoms with Gasteiger partial charge in [0.05, 0.1) is 5.56 Å². The molecule has 2 saturated heterocycles. The normalized spacial score (nSPS) is 18.5. The van der Waals surface area contributed by atoms with Crippen LogP contribution in [0.2, 0.25) is 0 Å². The molecule has 1 aromatic heterocycles. The van der Waals surface area contributed by atoms with Crippen LogP contribution in [0.3, 0.4) is 0 Å². The molecule has 9 nitrogen and oxygen atoms in total. The molecular formula is C25H37F3N4O5. The molecular weight excluding hydrogens is 493 g/mol. The van der Waals surface area contributed by atoms with Crippen molar-refractivity contribution in [2.45, 2.75) is 70.6 Å². The van der Waals surface area contributed by atoms with Gasteiger partial charge in [-0.3, -0.25) is 10.2 Å². The maximum atomic E-state index is 12.9. The maximum Gasteiger partial charge on any atom is 0.422 e. The molecule has 1 aromatic rings. The number of aromatic nitrogens is 1. The molecule has 3 heterocycles. The van der Waals surface area contributed by atoms with Crippen LogP contribution < -0.4 is 10.2 Å². The van der Waals surface area contributed by atoms with E-state index in [-0.39, 0.29) is 24.0 Å². The number of nitrogens with one attached hydrogen (secondary N) is 1. The summed E-state index contributed by atoms with van der Waals surface area (Å²) < 4.78 is 48.9. The van der Waals surface area contributed by atoms with Crippen LogP contribution in [-0.4, -0.2) is 83.2 Å². The lowest BCUT2D eigenvalue weighted by molar-refractivity contribution is -0.154. The first-order chi connectivity index (χ1) is 17.3. The lowest BCUT2D eigenvalue weighted by atomic mass is 9.89. The van der Waals surface area contributed by atoms with E-state index in [0.29, 0.717) is 50.5 Å². The van der Waals surface area contributed by atoms with Gasteiger partial charge < -0.3 is 19.5 Å². The highest BCUT2D eigenvalue weighted by Gasteiger charge is 2.32. The molecule has 2 aliphatic heterocycles. The summed E-state index contributed by atoms with van der Waals surface area (Å²) in [5.74, 6) is -0.378. The fourth-order valence-electron chi connectivity index (χ4n) is 4.58. The molecule has 0 unspecified atom stereocenters. The Hall–Kier alpha value is -2.60. The molecule has 2 amide bonds. The third kappa shape index (κ3) is 9.03. The number of likely N-dealkylation sites (tertiary alicyclic amines) is 1. The molecule has 0 saturated carbocycles. The lowest BCUT2D eigenvalue weighted by Crippen LogP contribution is -2.46. The second-order valence-electron chi connectivity index (χ2n) is 10.6. The number of halogens is 3. The first kappa shape index (κ1) is 29.0. The third-order valence-electron chi connectivity index (χ3n) is 6.51. The zero-order valence-corrected chi connectivity index (χ0v) is 21.6. The fraction of sp³-hybridized carbons (Fsp3) is 0.720. The van der Waals surface area contributed by atoms with E-state index < -0.39 is 30.4 Å². The van der Waals surface area contributed by atoms with Crippen LogP contribution in [-0.2, 0) is 4.74 Å². The van der Waals surface area contributed by atoms with Crippen molar-refractivity contribution in [2.75, 3.05) is 39.4 Å². The van der Waals surface area contributed by atoms with E-state index >= 15 is 0 Å². The first-order valence-electron chi connectivity index (χ1n) is 12.7. The molecule has 3 rings (SSSR count). The summed E-state index contributed by atoms with van der Waals surface area (Å²) in [5, 5.41) is 10.9. The molecule has 0 aliphatic carbocycles. The monoisotopic (exact) mass is 530 g/mol. The Morgan fingerprint density at radius 2 is 1.76 bits per heavy atom. The van der Waals surface area contributed by atoms with E-state index in [1.807, 2.05) is 5.01 Å². The van der Waals surface area contributed by atoms with Gasteiger partial charge in [0.2, 0.25) is 5.88 Å². The van der Waals surface area contributed by atoms with Gasteiger partial charge >= 0.3 is 12.3 Å². The van der Waals surface area contributed by atoms with Gasteiger partial charge in [0.1, 0.15) is 5.60 Å². The zero-order valence-electron chi connectivity index (χ0n) is 21.6. The van der Waals surface area contributed by atoms with E-state index in [1.54, 1.807) is 31.7 Å². The van der Waals surface area contributed by atoms with E-state index in [9.17, 15) is 22.8 Å².